The molecule has 0 fully saturated rings. The number of hydrogen-bond donors (Lipinski definition) is 1. The molecule has 0 heterocycles. The van der Waals surface area contributed by atoms with Crippen LogP contribution in [-0.4, -0.2) is 49.5 Å². The van der Waals surface area contributed by atoms with Gasteiger partial charge in [-0.2, -0.15) is 0 Å². The van der Waals surface area contributed by atoms with Crippen LogP contribution in [-0.2, 0) is 26.2 Å². The number of aryl methyl sites for hydroxylation is 2. The molecule has 1 atom stereocenters. The molecule has 2 aromatic rings. The largest absolute Gasteiger partial charge is 0.350 e. The fourth-order valence-corrected chi connectivity index (χ4v) is 5.17. The fraction of sp³-hybridized carbons (Fsp3) is 0.440. The smallest absolute Gasteiger partial charge is 0.244 e. The highest BCUT2D eigenvalue weighted by Crippen LogP contribution is 2.29. The molecule has 2 rings (SSSR count). The Kier molecular flexibility index (Phi) is 9.25. The summed E-state index contributed by atoms with van der Waals surface area (Å²) in [7, 11) is -3.82. The van der Waals surface area contributed by atoms with Crippen LogP contribution in [0.15, 0.2) is 36.4 Å². The van der Waals surface area contributed by atoms with E-state index in [1.54, 1.807) is 51.1 Å². The number of anilines is 1. The Balaban J connectivity index is 2.53. The molecule has 0 aromatic heterocycles. The summed E-state index contributed by atoms with van der Waals surface area (Å²) in [6.45, 7) is 10.1. The zero-order valence-electron chi connectivity index (χ0n) is 21.1. The molecular weight excluding hydrogens is 509 g/mol. The summed E-state index contributed by atoms with van der Waals surface area (Å²) in [5.41, 5.74) is 1.80. The standard InChI is InChI=1S/C25H33Cl2N3O4S/c1-16-10-8-11-17(2)23(16)30(35(7,33)34)15-22(31)29(18(3)24(32)28-25(4,5)6)14-19-20(26)12-9-13-21(19)27/h8-13,18H,14-15H2,1-7H3,(H,28,32)/t18-/m1/s1. The third-order valence-electron chi connectivity index (χ3n) is 5.42. The summed E-state index contributed by atoms with van der Waals surface area (Å²) in [6, 6.07) is 9.43. The molecule has 2 aromatic carbocycles. The lowest BCUT2D eigenvalue weighted by Gasteiger charge is -2.34. The summed E-state index contributed by atoms with van der Waals surface area (Å²) < 4.78 is 26.7. The van der Waals surface area contributed by atoms with Gasteiger partial charge in [0.1, 0.15) is 12.6 Å². The van der Waals surface area contributed by atoms with Crippen molar-refractivity contribution in [1.29, 1.82) is 0 Å². The lowest BCUT2D eigenvalue weighted by Crippen LogP contribution is -2.54. The molecule has 0 radical (unpaired) electrons. The topological polar surface area (TPSA) is 86.8 Å². The van der Waals surface area contributed by atoms with E-state index in [4.69, 9.17) is 23.2 Å². The molecular formula is C25H33Cl2N3O4S. The van der Waals surface area contributed by atoms with E-state index in [-0.39, 0.29) is 12.5 Å². The Labute approximate surface area is 218 Å². The van der Waals surface area contributed by atoms with Crippen molar-refractivity contribution >= 4 is 50.7 Å². The molecule has 7 nitrogen and oxygen atoms in total. The average Bonchev–Trinajstić information content (AvgIpc) is 2.70. The van der Waals surface area contributed by atoms with Crippen molar-refractivity contribution in [2.24, 2.45) is 0 Å². The molecule has 192 valence electrons. The molecule has 0 aliphatic heterocycles. The molecule has 0 saturated heterocycles. The minimum atomic E-state index is -3.82. The van der Waals surface area contributed by atoms with Crippen LogP contribution < -0.4 is 9.62 Å². The lowest BCUT2D eigenvalue weighted by molar-refractivity contribution is -0.140. The van der Waals surface area contributed by atoms with E-state index in [1.807, 2.05) is 26.8 Å². The third-order valence-corrected chi connectivity index (χ3v) is 7.24. The van der Waals surface area contributed by atoms with E-state index in [2.05, 4.69) is 5.32 Å². The van der Waals surface area contributed by atoms with Crippen molar-refractivity contribution < 1.29 is 18.0 Å². The first-order valence-corrected chi connectivity index (χ1v) is 13.7. The number of halogens is 2. The Morgan fingerprint density at radius 1 is 1.00 bits per heavy atom. The fourth-order valence-electron chi connectivity index (χ4n) is 3.69. The highest BCUT2D eigenvalue weighted by molar-refractivity contribution is 7.92. The highest BCUT2D eigenvalue weighted by atomic mass is 35.5. The van der Waals surface area contributed by atoms with E-state index in [9.17, 15) is 18.0 Å². The zero-order chi connectivity index (χ0) is 26.7. The van der Waals surface area contributed by atoms with Gasteiger partial charge in [0.2, 0.25) is 21.8 Å². The normalized spacial score (nSPS) is 12.7. The molecule has 35 heavy (non-hydrogen) atoms. The monoisotopic (exact) mass is 541 g/mol. The molecule has 0 saturated carbocycles. The van der Waals surface area contributed by atoms with Crippen molar-refractivity contribution in [2.75, 3.05) is 17.1 Å². The second-order valence-electron chi connectivity index (χ2n) is 9.65. The number of hydrogen-bond acceptors (Lipinski definition) is 4. The summed E-state index contributed by atoms with van der Waals surface area (Å²) in [5.74, 6) is -0.947. The molecule has 1 N–H and O–H groups in total. The Morgan fingerprint density at radius 3 is 1.94 bits per heavy atom. The zero-order valence-corrected chi connectivity index (χ0v) is 23.5. The van der Waals surface area contributed by atoms with Gasteiger partial charge in [0.15, 0.2) is 0 Å². The van der Waals surface area contributed by atoms with E-state index in [0.717, 1.165) is 10.6 Å². The summed E-state index contributed by atoms with van der Waals surface area (Å²) >= 11 is 12.7. The van der Waals surface area contributed by atoms with E-state index in [0.29, 0.717) is 32.4 Å². The SMILES string of the molecule is Cc1cccc(C)c1N(CC(=O)N(Cc1c(Cl)cccc1Cl)[C@H](C)C(=O)NC(C)(C)C)S(C)(=O)=O. The number of rotatable bonds is 8. The van der Waals surface area contributed by atoms with Crippen LogP contribution in [0.1, 0.15) is 44.4 Å². The molecule has 0 aliphatic carbocycles. The van der Waals surface area contributed by atoms with Gasteiger partial charge in [0, 0.05) is 27.7 Å². The quantitative estimate of drug-likeness (QED) is 0.524. The van der Waals surface area contributed by atoms with Gasteiger partial charge in [0.25, 0.3) is 0 Å². The van der Waals surface area contributed by atoms with Gasteiger partial charge in [0.05, 0.1) is 11.9 Å². The van der Waals surface area contributed by atoms with E-state index >= 15 is 0 Å². The minimum Gasteiger partial charge on any atom is -0.350 e. The average molecular weight is 543 g/mol. The number of carbonyl (C=O) groups excluding carboxylic acids is 2. The van der Waals surface area contributed by atoms with Crippen LogP contribution >= 0.6 is 23.2 Å². The van der Waals surface area contributed by atoms with Gasteiger partial charge >= 0.3 is 0 Å². The van der Waals surface area contributed by atoms with Crippen LogP contribution in [0.2, 0.25) is 10.0 Å². The Morgan fingerprint density at radius 2 is 1.49 bits per heavy atom. The predicted octanol–water partition coefficient (Wildman–Crippen LogP) is 4.71. The van der Waals surface area contributed by atoms with Crippen molar-refractivity contribution in [3.8, 4) is 0 Å². The van der Waals surface area contributed by atoms with Crippen LogP contribution in [0.5, 0.6) is 0 Å². The maximum atomic E-state index is 13.7. The van der Waals surface area contributed by atoms with Gasteiger partial charge < -0.3 is 10.2 Å². The van der Waals surface area contributed by atoms with E-state index < -0.39 is 34.1 Å². The van der Waals surface area contributed by atoms with Crippen LogP contribution in [0, 0.1) is 13.8 Å². The Bertz CT molecular complexity index is 1170. The summed E-state index contributed by atoms with van der Waals surface area (Å²) in [6.07, 6.45) is 1.05. The number of nitrogens with one attached hydrogen (secondary N) is 1. The third kappa shape index (κ3) is 7.59. The van der Waals surface area contributed by atoms with Crippen LogP contribution in [0.4, 0.5) is 5.69 Å². The second kappa shape index (κ2) is 11.2. The summed E-state index contributed by atoms with van der Waals surface area (Å²) in [5, 5.41) is 3.55. The number of amides is 2. The Hall–Kier alpha value is -2.29. The van der Waals surface area contributed by atoms with Crippen LogP contribution in [0.25, 0.3) is 0 Å². The molecule has 0 aliphatic rings. The maximum Gasteiger partial charge on any atom is 0.244 e. The summed E-state index contributed by atoms with van der Waals surface area (Å²) in [4.78, 5) is 28.0. The van der Waals surface area contributed by atoms with E-state index in [1.165, 1.54) is 4.90 Å². The van der Waals surface area contributed by atoms with Crippen molar-refractivity contribution in [3.05, 3.63) is 63.1 Å². The molecule has 10 heteroatoms. The maximum absolute atomic E-state index is 13.7. The molecule has 2 amide bonds. The number of nitrogens with zero attached hydrogens (tertiary/aromatic N) is 2. The van der Waals surface area contributed by atoms with Gasteiger partial charge in [-0.1, -0.05) is 47.5 Å². The molecule has 0 spiro atoms. The van der Waals surface area contributed by atoms with Crippen molar-refractivity contribution in [1.82, 2.24) is 10.2 Å². The lowest BCUT2D eigenvalue weighted by atomic mass is 10.1. The number of sulfonamides is 1. The van der Waals surface area contributed by atoms with Gasteiger partial charge in [-0.3, -0.25) is 13.9 Å². The van der Waals surface area contributed by atoms with Gasteiger partial charge in [-0.15, -0.1) is 0 Å². The first kappa shape index (κ1) is 28.9. The minimum absolute atomic E-state index is 0.0690. The molecule has 0 unspecified atom stereocenters. The number of para-hydroxylation sites is 1. The van der Waals surface area contributed by atoms with Crippen molar-refractivity contribution in [3.63, 3.8) is 0 Å². The number of benzene rings is 2. The van der Waals surface area contributed by atoms with Crippen molar-refractivity contribution in [2.45, 2.75) is 59.7 Å². The van der Waals surface area contributed by atoms with Crippen LogP contribution in [0.3, 0.4) is 0 Å². The van der Waals surface area contributed by atoms with Gasteiger partial charge in [-0.25, -0.2) is 8.42 Å². The molecule has 0 bridgehead atoms. The van der Waals surface area contributed by atoms with Gasteiger partial charge in [-0.05, 0) is 64.8 Å². The predicted molar refractivity (Wildman–Crippen MR) is 142 cm³/mol. The first-order chi connectivity index (χ1) is 16.0. The first-order valence-electron chi connectivity index (χ1n) is 11.1. The second-order valence-corrected chi connectivity index (χ2v) is 12.4. The highest BCUT2D eigenvalue weighted by Gasteiger charge is 2.32. The number of carbonyl (C=O) groups is 2.